The molecular formula is C14H25N3O3. The number of aliphatic carboxylic acids is 1. The number of likely N-dealkylation sites (tertiary alicyclic amines) is 1. The topological polar surface area (TPSA) is 72.9 Å². The fraction of sp³-hybridized carbons (Fsp3) is 0.857. The SMILES string of the molecule is CCN(CCNC(=O)N1CCC(CC(=O)O)C1)C1CC1. The monoisotopic (exact) mass is 283 g/mol. The summed E-state index contributed by atoms with van der Waals surface area (Å²) in [5, 5.41) is 11.7. The van der Waals surface area contributed by atoms with Gasteiger partial charge in [-0.2, -0.15) is 0 Å². The van der Waals surface area contributed by atoms with Crippen LogP contribution in [0.1, 0.15) is 32.6 Å². The van der Waals surface area contributed by atoms with Crippen molar-refractivity contribution in [1.82, 2.24) is 15.1 Å². The summed E-state index contributed by atoms with van der Waals surface area (Å²) in [7, 11) is 0. The van der Waals surface area contributed by atoms with E-state index in [-0.39, 0.29) is 18.4 Å². The maximum Gasteiger partial charge on any atom is 0.317 e. The van der Waals surface area contributed by atoms with E-state index in [9.17, 15) is 9.59 Å². The third-order valence-corrected chi connectivity index (χ3v) is 4.18. The molecule has 1 aliphatic heterocycles. The predicted molar refractivity (Wildman–Crippen MR) is 75.6 cm³/mol. The summed E-state index contributed by atoms with van der Waals surface area (Å²) in [6.07, 6.45) is 3.52. The first-order chi connectivity index (χ1) is 9.60. The van der Waals surface area contributed by atoms with Gasteiger partial charge in [-0.05, 0) is 31.7 Å². The summed E-state index contributed by atoms with van der Waals surface area (Å²) in [5.41, 5.74) is 0. The summed E-state index contributed by atoms with van der Waals surface area (Å²) in [5.74, 6) is -0.669. The van der Waals surface area contributed by atoms with Crippen molar-refractivity contribution in [2.24, 2.45) is 5.92 Å². The molecule has 0 radical (unpaired) electrons. The van der Waals surface area contributed by atoms with E-state index in [0.717, 1.165) is 25.6 Å². The van der Waals surface area contributed by atoms with Crippen LogP contribution in [0.25, 0.3) is 0 Å². The van der Waals surface area contributed by atoms with E-state index in [4.69, 9.17) is 5.11 Å². The van der Waals surface area contributed by atoms with Gasteiger partial charge in [0.05, 0.1) is 0 Å². The van der Waals surface area contributed by atoms with Gasteiger partial charge in [0.15, 0.2) is 0 Å². The number of amides is 2. The normalized spacial score (nSPS) is 22.3. The van der Waals surface area contributed by atoms with Gasteiger partial charge in [0.2, 0.25) is 0 Å². The van der Waals surface area contributed by atoms with Crippen LogP contribution in [0.3, 0.4) is 0 Å². The molecule has 6 nitrogen and oxygen atoms in total. The van der Waals surface area contributed by atoms with E-state index in [1.807, 2.05) is 0 Å². The third kappa shape index (κ3) is 4.37. The van der Waals surface area contributed by atoms with E-state index in [0.29, 0.717) is 19.6 Å². The zero-order valence-electron chi connectivity index (χ0n) is 12.2. The molecule has 0 aromatic heterocycles. The van der Waals surface area contributed by atoms with Crippen LogP contribution in [-0.4, -0.2) is 65.7 Å². The summed E-state index contributed by atoms with van der Waals surface area (Å²) < 4.78 is 0. The second kappa shape index (κ2) is 6.92. The number of carbonyl (C=O) groups excluding carboxylic acids is 1. The molecule has 1 saturated carbocycles. The van der Waals surface area contributed by atoms with Gasteiger partial charge < -0.3 is 15.3 Å². The fourth-order valence-corrected chi connectivity index (χ4v) is 2.89. The highest BCUT2D eigenvalue weighted by molar-refractivity contribution is 5.74. The smallest absolute Gasteiger partial charge is 0.317 e. The Kier molecular flexibility index (Phi) is 5.23. The summed E-state index contributed by atoms with van der Waals surface area (Å²) in [4.78, 5) is 26.8. The highest BCUT2D eigenvalue weighted by atomic mass is 16.4. The molecule has 1 atom stereocenters. The number of carbonyl (C=O) groups is 2. The lowest BCUT2D eigenvalue weighted by Crippen LogP contribution is -2.42. The average molecular weight is 283 g/mol. The number of nitrogens with one attached hydrogen (secondary N) is 1. The largest absolute Gasteiger partial charge is 0.481 e. The van der Waals surface area contributed by atoms with Crippen LogP contribution in [0.4, 0.5) is 4.79 Å². The zero-order chi connectivity index (χ0) is 14.5. The van der Waals surface area contributed by atoms with Crippen molar-refractivity contribution < 1.29 is 14.7 Å². The molecule has 2 N–H and O–H groups in total. The number of rotatable bonds is 7. The number of hydrogen-bond acceptors (Lipinski definition) is 3. The molecule has 2 rings (SSSR count). The maximum atomic E-state index is 12.0. The zero-order valence-corrected chi connectivity index (χ0v) is 12.2. The Hall–Kier alpha value is -1.30. The number of likely N-dealkylation sites (N-methyl/N-ethyl adjacent to an activating group) is 1. The number of carboxylic acids is 1. The third-order valence-electron chi connectivity index (χ3n) is 4.18. The summed E-state index contributed by atoms with van der Waals surface area (Å²) in [6.45, 7) is 5.99. The lowest BCUT2D eigenvalue weighted by Gasteiger charge is -2.22. The van der Waals surface area contributed by atoms with Gasteiger partial charge in [0, 0.05) is 38.6 Å². The van der Waals surface area contributed by atoms with Gasteiger partial charge in [-0.15, -0.1) is 0 Å². The average Bonchev–Trinajstić information content (AvgIpc) is 3.14. The number of hydrogen-bond donors (Lipinski definition) is 2. The Morgan fingerprint density at radius 1 is 1.35 bits per heavy atom. The summed E-state index contributed by atoms with van der Waals surface area (Å²) in [6, 6.07) is 0.674. The molecule has 20 heavy (non-hydrogen) atoms. The molecule has 6 heteroatoms. The molecule has 2 fully saturated rings. The van der Waals surface area contributed by atoms with Gasteiger partial charge in [-0.25, -0.2) is 4.79 Å². The Morgan fingerprint density at radius 2 is 2.10 bits per heavy atom. The molecule has 114 valence electrons. The molecular weight excluding hydrogens is 258 g/mol. The standard InChI is InChI=1S/C14H25N3O3/c1-2-16(12-3-4-12)8-6-15-14(20)17-7-5-11(10-17)9-13(18)19/h11-12H,2-10H2,1H3,(H,15,20)(H,18,19). The van der Waals surface area contributed by atoms with Crippen LogP contribution in [0.2, 0.25) is 0 Å². The minimum Gasteiger partial charge on any atom is -0.481 e. The van der Waals surface area contributed by atoms with Crippen molar-refractivity contribution in [2.75, 3.05) is 32.7 Å². The summed E-state index contributed by atoms with van der Waals surface area (Å²) >= 11 is 0. The lowest BCUT2D eigenvalue weighted by molar-refractivity contribution is -0.138. The molecule has 2 aliphatic rings. The van der Waals surface area contributed by atoms with E-state index in [1.165, 1.54) is 12.8 Å². The van der Waals surface area contributed by atoms with Gasteiger partial charge in [-0.1, -0.05) is 6.92 Å². The van der Waals surface area contributed by atoms with Gasteiger partial charge in [-0.3, -0.25) is 9.69 Å². The Morgan fingerprint density at radius 3 is 2.70 bits per heavy atom. The van der Waals surface area contributed by atoms with Crippen LogP contribution in [-0.2, 0) is 4.79 Å². The van der Waals surface area contributed by atoms with E-state index < -0.39 is 5.97 Å². The fourth-order valence-electron chi connectivity index (χ4n) is 2.89. The Labute approximate surface area is 120 Å². The molecule has 1 aliphatic carbocycles. The highest BCUT2D eigenvalue weighted by Gasteiger charge is 2.29. The Bertz CT molecular complexity index is 358. The Balaban J connectivity index is 1.63. The molecule has 1 unspecified atom stereocenters. The molecule has 0 spiro atoms. The first-order valence-corrected chi connectivity index (χ1v) is 7.58. The first-order valence-electron chi connectivity index (χ1n) is 7.58. The molecule has 0 aromatic carbocycles. The van der Waals surface area contributed by atoms with E-state index in [1.54, 1.807) is 4.90 Å². The number of nitrogens with zero attached hydrogens (tertiary/aromatic N) is 2. The van der Waals surface area contributed by atoms with Crippen LogP contribution < -0.4 is 5.32 Å². The van der Waals surface area contributed by atoms with Crippen molar-refractivity contribution in [3.8, 4) is 0 Å². The molecule has 2 amide bonds. The van der Waals surface area contributed by atoms with Crippen molar-refractivity contribution in [2.45, 2.75) is 38.6 Å². The molecule has 0 bridgehead atoms. The number of carboxylic acid groups (broad SMARTS) is 1. The molecule has 1 heterocycles. The van der Waals surface area contributed by atoms with Gasteiger partial charge >= 0.3 is 12.0 Å². The maximum absolute atomic E-state index is 12.0. The van der Waals surface area contributed by atoms with Crippen LogP contribution >= 0.6 is 0 Å². The van der Waals surface area contributed by atoms with Crippen LogP contribution in [0.5, 0.6) is 0 Å². The van der Waals surface area contributed by atoms with Crippen molar-refractivity contribution >= 4 is 12.0 Å². The lowest BCUT2D eigenvalue weighted by atomic mass is 10.1. The highest BCUT2D eigenvalue weighted by Crippen LogP contribution is 2.25. The quantitative estimate of drug-likeness (QED) is 0.730. The van der Waals surface area contributed by atoms with Crippen molar-refractivity contribution in [3.63, 3.8) is 0 Å². The van der Waals surface area contributed by atoms with Crippen molar-refractivity contribution in [3.05, 3.63) is 0 Å². The van der Waals surface area contributed by atoms with Crippen LogP contribution in [0, 0.1) is 5.92 Å². The second-order valence-electron chi connectivity index (χ2n) is 5.79. The molecule has 1 saturated heterocycles. The van der Waals surface area contributed by atoms with E-state index in [2.05, 4.69) is 17.1 Å². The minimum atomic E-state index is -0.778. The van der Waals surface area contributed by atoms with Crippen molar-refractivity contribution in [1.29, 1.82) is 0 Å². The minimum absolute atomic E-state index is 0.0512. The van der Waals surface area contributed by atoms with Crippen LogP contribution in [0.15, 0.2) is 0 Å². The second-order valence-corrected chi connectivity index (χ2v) is 5.79. The predicted octanol–water partition coefficient (Wildman–Crippen LogP) is 0.977. The van der Waals surface area contributed by atoms with Gasteiger partial charge in [0.1, 0.15) is 0 Å². The van der Waals surface area contributed by atoms with E-state index >= 15 is 0 Å². The number of urea groups is 1. The molecule has 0 aromatic rings. The van der Waals surface area contributed by atoms with Gasteiger partial charge in [0.25, 0.3) is 0 Å². The first kappa shape index (κ1) is 15.1.